The highest BCUT2D eigenvalue weighted by Gasteiger charge is 2.21. The summed E-state index contributed by atoms with van der Waals surface area (Å²) in [5, 5.41) is 2.80. The molecule has 0 aliphatic carbocycles. The summed E-state index contributed by atoms with van der Waals surface area (Å²) in [6, 6.07) is 2.73. The smallest absolute Gasteiger partial charge is 0.148 e. The Morgan fingerprint density at radius 1 is 1.33 bits per heavy atom. The molecule has 1 nitrogen and oxygen atoms in total. The highest BCUT2D eigenvalue weighted by molar-refractivity contribution is 6.30. The maximum atomic E-state index is 13.6. The minimum absolute atomic E-state index is 0.108. The van der Waals surface area contributed by atoms with Crippen LogP contribution in [0.2, 0.25) is 5.02 Å². The third-order valence-electron chi connectivity index (χ3n) is 2.80. The van der Waals surface area contributed by atoms with Crippen LogP contribution < -0.4 is 5.32 Å². The molecule has 1 N–H and O–H groups in total. The first-order valence-corrected chi connectivity index (χ1v) is 5.42. The molecule has 1 atom stereocenters. The van der Waals surface area contributed by atoms with Gasteiger partial charge in [-0.1, -0.05) is 17.7 Å². The third kappa shape index (κ3) is 2.13. The van der Waals surface area contributed by atoms with Crippen LogP contribution in [0.3, 0.4) is 0 Å². The van der Waals surface area contributed by atoms with Gasteiger partial charge in [0.1, 0.15) is 16.7 Å². The van der Waals surface area contributed by atoms with Crippen molar-refractivity contribution in [2.75, 3.05) is 13.1 Å². The Kier molecular flexibility index (Phi) is 3.22. The standard InChI is InChI=1S/C11H12ClF2N/c12-10-9(13)4-3-8(11(10)14)7-2-1-5-15-6-7/h3-4,7,15H,1-2,5-6H2. The van der Waals surface area contributed by atoms with E-state index in [0.29, 0.717) is 5.56 Å². The summed E-state index contributed by atoms with van der Waals surface area (Å²) in [4.78, 5) is 0. The molecule has 15 heavy (non-hydrogen) atoms. The van der Waals surface area contributed by atoms with Crippen LogP contribution in [-0.2, 0) is 0 Å². The number of rotatable bonds is 1. The van der Waals surface area contributed by atoms with Gasteiger partial charge in [-0.2, -0.15) is 0 Å². The van der Waals surface area contributed by atoms with Gasteiger partial charge in [0, 0.05) is 6.54 Å². The fourth-order valence-corrected chi connectivity index (χ4v) is 2.15. The fraction of sp³-hybridized carbons (Fsp3) is 0.455. The average molecular weight is 232 g/mol. The number of piperidine rings is 1. The molecule has 1 fully saturated rings. The fourth-order valence-electron chi connectivity index (χ4n) is 1.97. The van der Waals surface area contributed by atoms with Crippen LogP contribution in [0, 0.1) is 11.6 Å². The van der Waals surface area contributed by atoms with E-state index in [0.717, 1.165) is 25.9 Å². The topological polar surface area (TPSA) is 12.0 Å². The van der Waals surface area contributed by atoms with Crippen molar-refractivity contribution in [3.8, 4) is 0 Å². The van der Waals surface area contributed by atoms with Gasteiger partial charge >= 0.3 is 0 Å². The molecule has 1 aliphatic rings. The molecule has 0 aromatic heterocycles. The van der Waals surface area contributed by atoms with Gasteiger partial charge in [0.15, 0.2) is 0 Å². The summed E-state index contributed by atoms with van der Waals surface area (Å²) in [7, 11) is 0. The average Bonchev–Trinajstić information content (AvgIpc) is 2.27. The molecule has 1 heterocycles. The van der Waals surface area contributed by atoms with E-state index in [4.69, 9.17) is 11.6 Å². The van der Waals surface area contributed by atoms with Crippen LogP contribution in [0.1, 0.15) is 24.3 Å². The van der Waals surface area contributed by atoms with Gasteiger partial charge in [-0.15, -0.1) is 0 Å². The molecule has 0 spiro atoms. The normalized spacial score (nSPS) is 21.7. The van der Waals surface area contributed by atoms with Crippen LogP contribution in [0.5, 0.6) is 0 Å². The first-order valence-electron chi connectivity index (χ1n) is 5.04. The lowest BCUT2D eigenvalue weighted by atomic mass is 9.91. The molecule has 0 saturated carbocycles. The van der Waals surface area contributed by atoms with Crippen molar-refractivity contribution in [2.45, 2.75) is 18.8 Å². The number of hydrogen-bond acceptors (Lipinski definition) is 1. The predicted octanol–water partition coefficient (Wildman–Crippen LogP) is 3.09. The summed E-state index contributed by atoms with van der Waals surface area (Å²) in [5.41, 5.74) is 0.522. The van der Waals surface area contributed by atoms with E-state index in [1.54, 1.807) is 0 Å². The second kappa shape index (κ2) is 4.45. The monoisotopic (exact) mass is 231 g/mol. The summed E-state index contributed by atoms with van der Waals surface area (Å²) >= 11 is 5.53. The van der Waals surface area contributed by atoms with E-state index >= 15 is 0 Å². The Labute approximate surface area is 92.4 Å². The lowest BCUT2D eigenvalue weighted by molar-refractivity contribution is 0.444. The molecule has 1 aromatic carbocycles. The Bertz CT molecular complexity index is 362. The molecule has 4 heteroatoms. The minimum Gasteiger partial charge on any atom is -0.316 e. The third-order valence-corrected chi connectivity index (χ3v) is 3.15. The van der Waals surface area contributed by atoms with Crippen LogP contribution in [-0.4, -0.2) is 13.1 Å². The van der Waals surface area contributed by atoms with Crippen molar-refractivity contribution in [1.29, 1.82) is 0 Å². The van der Waals surface area contributed by atoms with Gasteiger partial charge in [0.05, 0.1) is 0 Å². The molecule has 1 aliphatic heterocycles. The quantitative estimate of drug-likeness (QED) is 0.733. The van der Waals surface area contributed by atoms with Gasteiger partial charge in [-0.25, -0.2) is 8.78 Å². The van der Waals surface area contributed by atoms with Gasteiger partial charge in [-0.05, 0) is 36.9 Å². The molecular formula is C11H12ClF2N. The van der Waals surface area contributed by atoms with Crippen molar-refractivity contribution in [3.05, 3.63) is 34.4 Å². The van der Waals surface area contributed by atoms with E-state index in [1.165, 1.54) is 12.1 Å². The van der Waals surface area contributed by atoms with Crippen molar-refractivity contribution in [1.82, 2.24) is 5.32 Å². The van der Waals surface area contributed by atoms with Crippen LogP contribution in [0.4, 0.5) is 8.78 Å². The summed E-state index contributed by atoms with van der Waals surface area (Å²) in [5.74, 6) is -1.19. The van der Waals surface area contributed by atoms with Crippen LogP contribution in [0.15, 0.2) is 12.1 Å². The zero-order valence-electron chi connectivity index (χ0n) is 8.19. The Hall–Kier alpha value is -0.670. The maximum Gasteiger partial charge on any atom is 0.148 e. The minimum atomic E-state index is -0.693. The van der Waals surface area contributed by atoms with Crippen molar-refractivity contribution in [3.63, 3.8) is 0 Å². The van der Waals surface area contributed by atoms with Crippen LogP contribution in [0.25, 0.3) is 0 Å². The van der Waals surface area contributed by atoms with Crippen molar-refractivity contribution in [2.24, 2.45) is 0 Å². The molecular weight excluding hydrogens is 220 g/mol. The van der Waals surface area contributed by atoms with Gasteiger partial charge in [0.2, 0.25) is 0 Å². The van der Waals surface area contributed by atoms with E-state index in [-0.39, 0.29) is 5.92 Å². The van der Waals surface area contributed by atoms with E-state index in [9.17, 15) is 8.78 Å². The Morgan fingerprint density at radius 3 is 2.80 bits per heavy atom. The Morgan fingerprint density at radius 2 is 2.13 bits per heavy atom. The highest BCUT2D eigenvalue weighted by atomic mass is 35.5. The molecule has 0 bridgehead atoms. The van der Waals surface area contributed by atoms with E-state index < -0.39 is 16.7 Å². The lowest BCUT2D eigenvalue weighted by Gasteiger charge is -2.23. The second-order valence-electron chi connectivity index (χ2n) is 3.81. The Balaban J connectivity index is 2.31. The second-order valence-corrected chi connectivity index (χ2v) is 4.19. The van der Waals surface area contributed by atoms with Crippen molar-refractivity contribution < 1.29 is 8.78 Å². The number of nitrogens with one attached hydrogen (secondary N) is 1. The summed E-state index contributed by atoms with van der Waals surface area (Å²) in [6.45, 7) is 1.70. The summed E-state index contributed by atoms with van der Waals surface area (Å²) in [6.07, 6.45) is 1.94. The SMILES string of the molecule is Fc1ccc(C2CCCNC2)c(F)c1Cl. The van der Waals surface area contributed by atoms with E-state index in [1.807, 2.05) is 0 Å². The van der Waals surface area contributed by atoms with Crippen LogP contribution >= 0.6 is 11.6 Å². The molecule has 0 amide bonds. The molecule has 1 aromatic rings. The predicted molar refractivity (Wildman–Crippen MR) is 56.2 cm³/mol. The molecule has 1 unspecified atom stereocenters. The van der Waals surface area contributed by atoms with Gasteiger partial charge in [-0.3, -0.25) is 0 Å². The van der Waals surface area contributed by atoms with Gasteiger partial charge < -0.3 is 5.32 Å². The van der Waals surface area contributed by atoms with Crippen molar-refractivity contribution >= 4 is 11.6 Å². The number of hydrogen-bond donors (Lipinski definition) is 1. The molecule has 0 radical (unpaired) electrons. The zero-order chi connectivity index (χ0) is 10.8. The molecule has 1 saturated heterocycles. The maximum absolute atomic E-state index is 13.6. The summed E-state index contributed by atoms with van der Waals surface area (Å²) < 4.78 is 26.6. The molecule has 2 rings (SSSR count). The zero-order valence-corrected chi connectivity index (χ0v) is 8.95. The molecule has 82 valence electrons. The van der Waals surface area contributed by atoms with Gasteiger partial charge in [0.25, 0.3) is 0 Å². The first kappa shape index (κ1) is 10.8. The lowest BCUT2D eigenvalue weighted by Crippen LogP contribution is -2.28. The largest absolute Gasteiger partial charge is 0.316 e. The highest BCUT2D eigenvalue weighted by Crippen LogP contribution is 2.30. The van der Waals surface area contributed by atoms with E-state index in [2.05, 4.69) is 5.32 Å². The number of benzene rings is 1. The number of halogens is 3. The first-order chi connectivity index (χ1) is 7.20.